The second-order valence-electron chi connectivity index (χ2n) is 15.5. The molecule has 0 aliphatic carbocycles. The average Bonchev–Trinajstić information content (AvgIpc) is 3.86. The lowest BCUT2D eigenvalue weighted by Gasteiger charge is -2.35. The largest absolute Gasteiger partial charge is 0.444 e. The third kappa shape index (κ3) is 7.68. The lowest BCUT2D eigenvalue weighted by Crippen LogP contribution is -2.48. The van der Waals surface area contributed by atoms with E-state index in [2.05, 4.69) is 20.4 Å². The highest BCUT2D eigenvalue weighted by Crippen LogP contribution is 2.37. The second-order valence-corrected chi connectivity index (χ2v) is 16.3. The number of fused-ring (bicyclic) bond motifs is 1. The number of thiazole rings is 1. The molecule has 1 aromatic carbocycles. The SMILES string of the molecule is Cc1ncsc1-c1ccc([C@H](C)NC(=O)[C@@H]2C[C@@H](O)CN2C(=O)C(c2cc(N3C[C@H]4CN(C(=O)OC(C)(C)C)CC[C@H]4C3)no2)C(C)C)cc1. The lowest BCUT2D eigenvalue weighted by atomic mass is 9.89. The number of aromatic nitrogens is 2. The van der Waals surface area contributed by atoms with Gasteiger partial charge in [-0.25, -0.2) is 9.78 Å². The molecule has 0 saturated carbocycles. The number of anilines is 1. The molecule has 12 nitrogen and oxygen atoms in total. The third-order valence-electron chi connectivity index (χ3n) is 10.2. The van der Waals surface area contributed by atoms with Crippen molar-refractivity contribution in [2.75, 3.05) is 37.6 Å². The fraction of sp³-hybridized carbons (Fsp3) is 0.595. The van der Waals surface area contributed by atoms with Crippen molar-refractivity contribution in [3.8, 4) is 10.4 Å². The van der Waals surface area contributed by atoms with Crippen LogP contribution in [0.3, 0.4) is 0 Å². The first-order chi connectivity index (χ1) is 23.7. The van der Waals surface area contributed by atoms with Gasteiger partial charge in [0.15, 0.2) is 11.6 Å². The number of aliphatic hydroxyl groups excluding tert-OH is 1. The monoisotopic (exact) mass is 706 g/mol. The van der Waals surface area contributed by atoms with Crippen molar-refractivity contribution in [1.82, 2.24) is 25.3 Å². The van der Waals surface area contributed by atoms with Crippen molar-refractivity contribution in [2.45, 2.75) is 91.0 Å². The van der Waals surface area contributed by atoms with E-state index in [0.29, 0.717) is 30.6 Å². The molecule has 3 aliphatic heterocycles. The molecule has 0 radical (unpaired) electrons. The number of β-amino-alcohol motifs (C(OH)–C–C–N with tert-alkyl or cyclic N) is 1. The number of nitrogens with one attached hydrogen (secondary N) is 1. The van der Waals surface area contributed by atoms with Crippen molar-refractivity contribution >= 4 is 35.1 Å². The van der Waals surface area contributed by atoms with Gasteiger partial charge in [-0.1, -0.05) is 43.3 Å². The summed E-state index contributed by atoms with van der Waals surface area (Å²) in [6.07, 6.45) is -0.0354. The number of hydrogen-bond donors (Lipinski definition) is 2. The van der Waals surface area contributed by atoms with E-state index in [4.69, 9.17) is 9.26 Å². The van der Waals surface area contributed by atoms with E-state index in [1.807, 2.05) is 84.3 Å². The van der Waals surface area contributed by atoms with Crippen LogP contribution in [0.5, 0.6) is 0 Å². The van der Waals surface area contributed by atoms with Crippen LogP contribution in [0.2, 0.25) is 0 Å². The van der Waals surface area contributed by atoms with E-state index in [0.717, 1.165) is 41.2 Å². The first-order valence-corrected chi connectivity index (χ1v) is 18.5. The molecule has 5 heterocycles. The fourth-order valence-electron chi connectivity index (χ4n) is 7.54. The minimum absolute atomic E-state index is 0.0715. The molecule has 6 rings (SSSR count). The maximum Gasteiger partial charge on any atom is 0.410 e. The Kier molecular flexibility index (Phi) is 10.3. The number of likely N-dealkylation sites (tertiary alicyclic amines) is 2. The van der Waals surface area contributed by atoms with Gasteiger partial charge in [-0.3, -0.25) is 9.59 Å². The van der Waals surface area contributed by atoms with Gasteiger partial charge in [0.05, 0.1) is 28.2 Å². The van der Waals surface area contributed by atoms with Crippen LogP contribution in [0.1, 0.15) is 83.4 Å². The van der Waals surface area contributed by atoms with Crippen LogP contribution in [-0.4, -0.2) is 93.4 Å². The molecule has 3 fully saturated rings. The zero-order valence-electron chi connectivity index (χ0n) is 30.1. The Labute approximate surface area is 298 Å². The normalized spacial score (nSPS) is 23.6. The number of aliphatic hydroxyl groups is 1. The summed E-state index contributed by atoms with van der Waals surface area (Å²) >= 11 is 1.59. The molecule has 6 atom stereocenters. The van der Waals surface area contributed by atoms with Gasteiger partial charge < -0.3 is 34.4 Å². The van der Waals surface area contributed by atoms with Gasteiger partial charge in [0.1, 0.15) is 17.6 Å². The summed E-state index contributed by atoms with van der Waals surface area (Å²) in [4.78, 5) is 51.5. The molecule has 3 amide bonds. The summed E-state index contributed by atoms with van der Waals surface area (Å²) in [5, 5.41) is 18.1. The molecule has 1 unspecified atom stereocenters. The summed E-state index contributed by atoms with van der Waals surface area (Å²) in [5.41, 5.74) is 4.29. The summed E-state index contributed by atoms with van der Waals surface area (Å²) < 4.78 is 11.5. The van der Waals surface area contributed by atoms with E-state index >= 15 is 0 Å². The van der Waals surface area contributed by atoms with E-state index in [9.17, 15) is 19.5 Å². The fourth-order valence-corrected chi connectivity index (χ4v) is 8.35. The number of carbonyl (C=O) groups excluding carboxylic acids is 3. The number of benzene rings is 1. The smallest absolute Gasteiger partial charge is 0.410 e. The maximum atomic E-state index is 14.2. The number of aryl methyl sites for hydroxylation is 1. The molecule has 50 heavy (non-hydrogen) atoms. The Morgan fingerprint density at radius 1 is 1.06 bits per heavy atom. The van der Waals surface area contributed by atoms with E-state index in [1.54, 1.807) is 16.2 Å². The molecular formula is C37H50N6O6S. The summed E-state index contributed by atoms with van der Waals surface area (Å²) in [6, 6.07) is 8.78. The van der Waals surface area contributed by atoms with E-state index in [-0.39, 0.29) is 48.8 Å². The van der Waals surface area contributed by atoms with E-state index < -0.39 is 23.7 Å². The average molecular weight is 707 g/mol. The van der Waals surface area contributed by atoms with Crippen LogP contribution in [-0.2, 0) is 14.3 Å². The van der Waals surface area contributed by atoms with Crippen LogP contribution < -0.4 is 10.2 Å². The molecule has 3 saturated heterocycles. The molecule has 2 N–H and O–H groups in total. The quantitative estimate of drug-likeness (QED) is 0.316. The number of nitrogens with zero attached hydrogens (tertiary/aromatic N) is 5. The van der Waals surface area contributed by atoms with Crippen molar-refractivity contribution in [3.05, 3.63) is 52.9 Å². The standard InChI is InChI=1S/C37H50N6O6S/c1-21(2)32(30-15-31(40-49-30)42-16-26-12-13-41(17-27(26)18-42)36(47)48-37(5,6)7)35(46)43-19-28(44)14-29(43)34(45)39-22(3)24-8-10-25(11-9-24)33-23(4)38-20-50-33/h8-11,15,20-22,26-29,32,44H,12-14,16-19H2,1-7H3,(H,39,45)/t22-,26-,27+,28+,29-,32?/m0/s1. The minimum atomic E-state index is -0.808. The molecule has 270 valence electrons. The van der Waals surface area contributed by atoms with Gasteiger partial charge in [-0.15, -0.1) is 11.3 Å². The van der Waals surface area contributed by atoms with Crippen molar-refractivity contribution in [2.24, 2.45) is 17.8 Å². The first-order valence-electron chi connectivity index (χ1n) is 17.7. The van der Waals surface area contributed by atoms with Gasteiger partial charge in [-0.05, 0) is 69.9 Å². The molecule has 0 bridgehead atoms. The number of rotatable bonds is 8. The van der Waals surface area contributed by atoms with Crippen LogP contribution in [0.15, 0.2) is 40.4 Å². The molecule has 0 spiro atoms. The van der Waals surface area contributed by atoms with Crippen LogP contribution >= 0.6 is 11.3 Å². The zero-order valence-corrected chi connectivity index (χ0v) is 30.9. The topological polar surface area (TPSA) is 141 Å². The summed E-state index contributed by atoms with van der Waals surface area (Å²) in [6.45, 7) is 16.3. The number of ether oxygens (including phenoxy) is 1. The molecular weight excluding hydrogens is 657 g/mol. The number of piperidine rings is 1. The number of amides is 3. The Balaban J connectivity index is 1.10. The molecule has 2 aromatic heterocycles. The van der Waals surface area contributed by atoms with E-state index in [1.165, 1.54) is 4.90 Å². The summed E-state index contributed by atoms with van der Waals surface area (Å²) in [5.74, 6) is 0.424. The van der Waals surface area contributed by atoms with Crippen LogP contribution in [0.25, 0.3) is 10.4 Å². The Morgan fingerprint density at radius 3 is 2.44 bits per heavy atom. The minimum Gasteiger partial charge on any atom is -0.444 e. The van der Waals surface area contributed by atoms with Crippen LogP contribution in [0.4, 0.5) is 10.6 Å². The second kappa shape index (κ2) is 14.3. The zero-order chi connectivity index (χ0) is 35.9. The Morgan fingerprint density at radius 2 is 1.78 bits per heavy atom. The highest BCUT2D eigenvalue weighted by molar-refractivity contribution is 7.13. The predicted octanol–water partition coefficient (Wildman–Crippen LogP) is 5.38. The molecule has 3 aliphatic rings. The third-order valence-corrected chi connectivity index (χ3v) is 11.2. The Hall–Kier alpha value is -3.97. The summed E-state index contributed by atoms with van der Waals surface area (Å²) in [7, 11) is 0. The Bertz CT molecular complexity index is 1680. The molecule has 13 heteroatoms. The van der Waals surface area contributed by atoms with Gasteiger partial charge in [0.2, 0.25) is 11.8 Å². The lowest BCUT2D eigenvalue weighted by molar-refractivity contribution is -0.141. The number of carbonyl (C=O) groups is 3. The van der Waals surface area contributed by atoms with Gasteiger partial charge in [0.25, 0.3) is 0 Å². The first kappa shape index (κ1) is 35.8. The number of hydrogen-bond acceptors (Lipinski definition) is 10. The van der Waals surface area contributed by atoms with Crippen molar-refractivity contribution in [1.29, 1.82) is 0 Å². The van der Waals surface area contributed by atoms with Gasteiger partial charge >= 0.3 is 6.09 Å². The van der Waals surface area contributed by atoms with Gasteiger partial charge in [0, 0.05) is 45.2 Å². The van der Waals surface area contributed by atoms with Crippen molar-refractivity contribution in [3.63, 3.8) is 0 Å². The van der Waals surface area contributed by atoms with Gasteiger partial charge in [-0.2, -0.15) is 0 Å². The highest BCUT2D eigenvalue weighted by atomic mass is 32.1. The predicted molar refractivity (Wildman–Crippen MR) is 191 cm³/mol. The van der Waals surface area contributed by atoms with Crippen LogP contribution in [0, 0.1) is 24.7 Å². The maximum absolute atomic E-state index is 14.2. The van der Waals surface area contributed by atoms with Crippen molar-refractivity contribution < 1.29 is 28.8 Å². The molecule has 3 aromatic rings. The highest BCUT2D eigenvalue weighted by Gasteiger charge is 2.44.